The summed E-state index contributed by atoms with van der Waals surface area (Å²) >= 11 is 0. The van der Waals surface area contributed by atoms with Crippen LogP contribution in [0.25, 0.3) is 11.5 Å². The Bertz CT molecular complexity index is 540. The number of hydrogen-bond donors (Lipinski definition) is 1. The van der Waals surface area contributed by atoms with Gasteiger partial charge in [0.05, 0.1) is 7.11 Å². The average Bonchev–Trinajstić information content (AvgIpc) is 2.78. The molecular formula is C10H10N4O4. The van der Waals surface area contributed by atoms with Crippen molar-refractivity contribution in [3.8, 4) is 17.4 Å². The van der Waals surface area contributed by atoms with Crippen molar-refractivity contribution in [2.45, 2.75) is 0 Å². The maximum Gasteiger partial charge on any atom is 0.343 e. The molecule has 0 fully saturated rings. The largest absolute Gasteiger partial charge is 0.466 e. The number of methoxy groups -OCH3 is 1. The van der Waals surface area contributed by atoms with Crippen LogP contribution in [0.5, 0.6) is 5.88 Å². The summed E-state index contributed by atoms with van der Waals surface area (Å²) in [5.74, 6) is -0.175. The van der Waals surface area contributed by atoms with E-state index in [4.69, 9.17) is 4.74 Å². The van der Waals surface area contributed by atoms with Crippen molar-refractivity contribution in [3.05, 3.63) is 24.5 Å². The van der Waals surface area contributed by atoms with Crippen molar-refractivity contribution in [3.63, 3.8) is 0 Å². The van der Waals surface area contributed by atoms with Crippen molar-refractivity contribution in [2.24, 2.45) is 0 Å². The van der Waals surface area contributed by atoms with E-state index in [-0.39, 0.29) is 18.2 Å². The first-order valence-corrected chi connectivity index (χ1v) is 4.97. The minimum absolute atomic E-state index is 0.0744. The van der Waals surface area contributed by atoms with E-state index in [0.717, 1.165) is 0 Å². The number of nitrogens with zero attached hydrogens (tertiary/aromatic N) is 4. The Balaban J connectivity index is 2.15. The van der Waals surface area contributed by atoms with Gasteiger partial charge >= 0.3 is 5.97 Å². The highest BCUT2D eigenvalue weighted by atomic mass is 16.6. The molecule has 2 aromatic rings. The molecule has 0 unspecified atom stereocenters. The van der Waals surface area contributed by atoms with E-state index in [1.165, 1.54) is 25.6 Å². The Morgan fingerprint density at radius 2 is 2.17 bits per heavy atom. The van der Waals surface area contributed by atoms with Gasteiger partial charge in [0.25, 0.3) is 0 Å². The summed E-state index contributed by atoms with van der Waals surface area (Å²) in [6, 6.07) is 3.06. The van der Waals surface area contributed by atoms with Crippen LogP contribution in [0.2, 0.25) is 0 Å². The monoisotopic (exact) mass is 250 g/mol. The molecule has 0 saturated heterocycles. The Hall–Kier alpha value is -2.64. The van der Waals surface area contributed by atoms with Crippen molar-refractivity contribution < 1.29 is 19.5 Å². The first-order valence-electron chi connectivity index (χ1n) is 4.97. The molecule has 0 atom stereocenters. The van der Waals surface area contributed by atoms with Crippen molar-refractivity contribution in [2.75, 3.05) is 13.7 Å². The van der Waals surface area contributed by atoms with Crippen LogP contribution in [-0.4, -0.2) is 44.8 Å². The van der Waals surface area contributed by atoms with Gasteiger partial charge < -0.3 is 14.7 Å². The molecule has 0 radical (unpaired) electrons. The maximum atomic E-state index is 10.9. The molecular weight excluding hydrogens is 240 g/mol. The lowest BCUT2D eigenvalue weighted by Gasteiger charge is -1.98. The zero-order valence-electron chi connectivity index (χ0n) is 9.48. The summed E-state index contributed by atoms with van der Waals surface area (Å²) in [5.41, 5.74) is 0.260. The van der Waals surface area contributed by atoms with E-state index in [1.54, 1.807) is 6.07 Å². The van der Waals surface area contributed by atoms with Crippen LogP contribution in [0.4, 0.5) is 0 Å². The normalized spacial score (nSPS) is 10.1. The standard InChI is InChI=1S/C10H10N4O4/c1-17-9(15)6-18-8-5-7(14(16)13-8)10-11-3-2-4-12-10/h2-5,16H,6H2,1H3. The highest BCUT2D eigenvalue weighted by molar-refractivity contribution is 5.70. The smallest absolute Gasteiger partial charge is 0.343 e. The van der Waals surface area contributed by atoms with Gasteiger partial charge in [0, 0.05) is 18.5 Å². The van der Waals surface area contributed by atoms with Crippen LogP contribution >= 0.6 is 0 Å². The summed E-state index contributed by atoms with van der Waals surface area (Å²) in [6.07, 6.45) is 3.06. The van der Waals surface area contributed by atoms with Crippen molar-refractivity contribution in [1.82, 2.24) is 19.9 Å². The number of rotatable bonds is 4. The lowest BCUT2D eigenvalue weighted by atomic mass is 10.4. The number of carbonyl (C=O) groups is 1. The number of carbonyl (C=O) groups excluding carboxylic acids is 1. The van der Waals surface area contributed by atoms with Crippen LogP contribution in [-0.2, 0) is 9.53 Å². The molecule has 2 aromatic heterocycles. The lowest BCUT2D eigenvalue weighted by Crippen LogP contribution is -2.12. The van der Waals surface area contributed by atoms with Gasteiger partial charge in [0.15, 0.2) is 18.1 Å². The van der Waals surface area contributed by atoms with Gasteiger partial charge in [-0.3, -0.25) is 0 Å². The fourth-order valence-corrected chi connectivity index (χ4v) is 1.20. The Morgan fingerprint density at radius 1 is 1.44 bits per heavy atom. The molecule has 0 aliphatic heterocycles. The van der Waals surface area contributed by atoms with E-state index >= 15 is 0 Å². The molecule has 2 rings (SSSR count). The minimum atomic E-state index is -0.542. The SMILES string of the molecule is COC(=O)COc1cc(-c2ncccn2)n(O)n1. The molecule has 0 amide bonds. The molecule has 8 heteroatoms. The minimum Gasteiger partial charge on any atom is -0.466 e. The number of hydrogen-bond acceptors (Lipinski definition) is 7. The zero-order valence-corrected chi connectivity index (χ0v) is 9.48. The third-order valence-corrected chi connectivity index (χ3v) is 2.03. The molecule has 94 valence electrons. The molecule has 0 spiro atoms. The van der Waals surface area contributed by atoms with Gasteiger partial charge in [-0.25, -0.2) is 14.8 Å². The lowest BCUT2D eigenvalue weighted by molar-refractivity contribution is -0.143. The summed E-state index contributed by atoms with van der Waals surface area (Å²) < 4.78 is 9.43. The van der Waals surface area contributed by atoms with E-state index < -0.39 is 5.97 Å². The summed E-state index contributed by atoms with van der Waals surface area (Å²) in [6.45, 7) is -0.289. The Kier molecular flexibility index (Phi) is 3.37. The van der Waals surface area contributed by atoms with Gasteiger partial charge in [-0.05, 0) is 6.07 Å². The molecule has 0 aliphatic rings. The molecule has 0 bridgehead atoms. The second-order valence-electron chi connectivity index (χ2n) is 3.19. The fraction of sp³-hybridized carbons (Fsp3) is 0.200. The van der Waals surface area contributed by atoms with Gasteiger partial charge in [-0.15, -0.1) is 0 Å². The molecule has 8 nitrogen and oxygen atoms in total. The second-order valence-corrected chi connectivity index (χ2v) is 3.19. The highest BCUT2D eigenvalue weighted by Gasteiger charge is 2.13. The predicted octanol–water partition coefficient (Wildman–Crippen LogP) is 0.129. The van der Waals surface area contributed by atoms with E-state index in [0.29, 0.717) is 10.7 Å². The summed E-state index contributed by atoms with van der Waals surface area (Å²) in [4.78, 5) is 19.4. The average molecular weight is 250 g/mol. The summed E-state index contributed by atoms with van der Waals surface area (Å²) in [5, 5.41) is 13.2. The molecule has 2 heterocycles. The topological polar surface area (TPSA) is 99.4 Å². The van der Waals surface area contributed by atoms with Gasteiger partial charge in [0.1, 0.15) is 0 Å². The van der Waals surface area contributed by atoms with Gasteiger partial charge in [-0.2, -0.15) is 0 Å². The molecule has 0 saturated carbocycles. The van der Waals surface area contributed by atoms with Crippen LogP contribution in [0.15, 0.2) is 24.5 Å². The fourth-order valence-electron chi connectivity index (χ4n) is 1.20. The van der Waals surface area contributed by atoms with E-state index in [9.17, 15) is 10.0 Å². The molecule has 0 aliphatic carbocycles. The van der Waals surface area contributed by atoms with Crippen LogP contribution in [0, 0.1) is 0 Å². The number of ether oxygens (including phenoxy) is 2. The van der Waals surface area contributed by atoms with Gasteiger partial charge in [0.2, 0.25) is 5.88 Å². The van der Waals surface area contributed by atoms with Crippen molar-refractivity contribution >= 4 is 5.97 Å². The predicted molar refractivity (Wildman–Crippen MR) is 57.9 cm³/mol. The van der Waals surface area contributed by atoms with E-state index in [2.05, 4.69) is 19.8 Å². The number of esters is 1. The quantitative estimate of drug-likeness (QED) is 0.608. The first-order chi connectivity index (χ1) is 8.70. The maximum absolute atomic E-state index is 10.9. The molecule has 18 heavy (non-hydrogen) atoms. The molecule has 1 N–H and O–H groups in total. The number of aromatic nitrogens is 4. The zero-order chi connectivity index (χ0) is 13.0. The van der Waals surface area contributed by atoms with Crippen molar-refractivity contribution in [1.29, 1.82) is 0 Å². The van der Waals surface area contributed by atoms with Crippen LogP contribution in [0.1, 0.15) is 0 Å². The highest BCUT2D eigenvalue weighted by Crippen LogP contribution is 2.18. The third-order valence-electron chi connectivity index (χ3n) is 2.03. The molecule has 0 aromatic carbocycles. The van der Waals surface area contributed by atoms with Gasteiger partial charge in [-0.1, -0.05) is 9.94 Å². The second kappa shape index (κ2) is 5.13. The van der Waals surface area contributed by atoms with E-state index in [1.807, 2.05) is 0 Å². The Morgan fingerprint density at radius 3 is 2.83 bits per heavy atom. The third kappa shape index (κ3) is 2.54. The van der Waals surface area contributed by atoms with Crippen LogP contribution < -0.4 is 4.74 Å². The Labute approximate surface area is 102 Å². The van der Waals surface area contributed by atoms with Crippen LogP contribution in [0.3, 0.4) is 0 Å². The first kappa shape index (κ1) is 11.8. The summed E-state index contributed by atoms with van der Waals surface area (Å²) in [7, 11) is 1.25.